The van der Waals surface area contributed by atoms with Crippen molar-refractivity contribution < 1.29 is 19.4 Å². The van der Waals surface area contributed by atoms with Gasteiger partial charge >= 0.3 is 5.97 Å². The minimum absolute atomic E-state index is 0.0458. The molecule has 1 atom stereocenters. The molecule has 0 saturated heterocycles. The zero-order valence-corrected chi connectivity index (χ0v) is 11.1. The van der Waals surface area contributed by atoms with Crippen LogP contribution in [0, 0.1) is 5.92 Å². The van der Waals surface area contributed by atoms with Gasteiger partial charge in [-0.1, -0.05) is 20.4 Å². The standard InChI is InChI=1S/C13H24O4/c1-10(2)6-5-7-16-8-12(14)9-17-13(15)11(3)4/h10,12,14H,3,5-9H2,1-2,4H3. The van der Waals surface area contributed by atoms with Crippen LogP contribution in [0.4, 0.5) is 0 Å². The van der Waals surface area contributed by atoms with Gasteiger partial charge < -0.3 is 14.6 Å². The molecule has 4 nitrogen and oxygen atoms in total. The van der Waals surface area contributed by atoms with E-state index >= 15 is 0 Å². The summed E-state index contributed by atoms with van der Waals surface area (Å²) in [6.45, 7) is 10.1. The van der Waals surface area contributed by atoms with E-state index in [-0.39, 0.29) is 13.2 Å². The number of rotatable bonds is 9. The number of hydrogen-bond acceptors (Lipinski definition) is 4. The van der Waals surface area contributed by atoms with E-state index in [1.165, 1.54) is 0 Å². The summed E-state index contributed by atoms with van der Waals surface area (Å²) in [5, 5.41) is 9.46. The summed E-state index contributed by atoms with van der Waals surface area (Å²) in [7, 11) is 0. The molecule has 0 spiro atoms. The number of aliphatic hydroxyl groups excluding tert-OH is 1. The first kappa shape index (κ1) is 16.1. The SMILES string of the molecule is C=C(C)C(=O)OCC(O)COCCCC(C)C. The summed E-state index contributed by atoms with van der Waals surface area (Å²) in [5.41, 5.74) is 0.329. The Morgan fingerprint density at radius 1 is 1.35 bits per heavy atom. The third-order valence-corrected chi connectivity index (χ3v) is 2.14. The quantitative estimate of drug-likeness (QED) is 0.382. The van der Waals surface area contributed by atoms with Crippen molar-refractivity contribution in [3.63, 3.8) is 0 Å². The molecule has 0 saturated carbocycles. The molecule has 0 aliphatic heterocycles. The number of esters is 1. The largest absolute Gasteiger partial charge is 0.460 e. The van der Waals surface area contributed by atoms with Gasteiger partial charge in [-0.2, -0.15) is 0 Å². The summed E-state index contributed by atoms with van der Waals surface area (Å²) in [4.78, 5) is 11.0. The second-order valence-electron chi connectivity index (χ2n) is 4.64. The van der Waals surface area contributed by atoms with Crippen LogP contribution in [0.15, 0.2) is 12.2 Å². The van der Waals surface area contributed by atoms with E-state index in [0.717, 1.165) is 12.8 Å². The maximum absolute atomic E-state index is 11.0. The Morgan fingerprint density at radius 2 is 2.00 bits per heavy atom. The third kappa shape index (κ3) is 10.0. The van der Waals surface area contributed by atoms with Crippen LogP contribution in [-0.4, -0.2) is 37.0 Å². The molecule has 0 amide bonds. The molecule has 0 aromatic carbocycles. The maximum atomic E-state index is 11.0. The minimum Gasteiger partial charge on any atom is -0.460 e. The lowest BCUT2D eigenvalue weighted by molar-refractivity contribution is -0.143. The van der Waals surface area contributed by atoms with Gasteiger partial charge in [0.2, 0.25) is 0 Å². The molecule has 1 unspecified atom stereocenters. The van der Waals surface area contributed by atoms with Crippen LogP contribution in [0.25, 0.3) is 0 Å². The Hall–Kier alpha value is -0.870. The van der Waals surface area contributed by atoms with Crippen molar-refractivity contribution in [1.82, 2.24) is 0 Å². The highest BCUT2D eigenvalue weighted by Crippen LogP contribution is 2.03. The van der Waals surface area contributed by atoms with Gasteiger partial charge in [0.1, 0.15) is 12.7 Å². The van der Waals surface area contributed by atoms with Crippen LogP contribution in [-0.2, 0) is 14.3 Å². The molecule has 0 aliphatic carbocycles. The molecule has 0 rings (SSSR count). The summed E-state index contributed by atoms with van der Waals surface area (Å²) in [6, 6.07) is 0. The minimum atomic E-state index is -0.766. The fourth-order valence-corrected chi connectivity index (χ4v) is 1.16. The van der Waals surface area contributed by atoms with Crippen molar-refractivity contribution in [3.05, 3.63) is 12.2 Å². The molecule has 0 fully saturated rings. The molecular weight excluding hydrogens is 220 g/mol. The van der Waals surface area contributed by atoms with Crippen LogP contribution < -0.4 is 0 Å². The average molecular weight is 244 g/mol. The van der Waals surface area contributed by atoms with E-state index in [0.29, 0.717) is 18.1 Å². The van der Waals surface area contributed by atoms with E-state index in [1.807, 2.05) is 0 Å². The van der Waals surface area contributed by atoms with Crippen molar-refractivity contribution in [1.29, 1.82) is 0 Å². The molecule has 0 aromatic rings. The van der Waals surface area contributed by atoms with Gasteiger partial charge in [-0.3, -0.25) is 0 Å². The zero-order valence-electron chi connectivity index (χ0n) is 11.1. The van der Waals surface area contributed by atoms with E-state index < -0.39 is 12.1 Å². The summed E-state index contributed by atoms with van der Waals surface area (Å²) < 4.78 is 10.1. The van der Waals surface area contributed by atoms with Crippen molar-refractivity contribution in [2.75, 3.05) is 19.8 Å². The monoisotopic (exact) mass is 244 g/mol. The van der Waals surface area contributed by atoms with Crippen LogP contribution >= 0.6 is 0 Å². The first-order valence-electron chi connectivity index (χ1n) is 6.02. The number of carbonyl (C=O) groups excluding carboxylic acids is 1. The van der Waals surface area contributed by atoms with Crippen LogP contribution in [0.5, 0.6) is 0 Å². The number of aliphatic hydroxyl groups is 1. The van der Waals surface area contributed by atoms with Gasteiger partial charge in [0.05, 0.1) is 6.61 Å². The van der Waals surface area contributed by atoms with Gasteiger partial charge in [0.15, 0.2) is 0 Å². The number of hydrogen-bond donors (Lipinski definition) is 1. The highest BCUT2D eigenvalue weighted by molar-refractivity contribution is 5.86. The highest BCUT2D eigenvalue weighted by atomic mass is 16.5. The van der Waals surface area contributed by atoms with Gasteiger partial charge in [-0.25, -0.2) is 4.79 Å². The Balaban J connectivity index is 3.44. The molecule has 100 valence electrons. The van der Waals surface area contributed by atoms with Crippen molar-refractivity contribution in [2.45, 2.75) is 39.7 Å². The summed E-state index contributed by atoms with van der Waals surface area (Å²) >= 11 is 0. The second-order valence-corrected chi connectivity index (χ2v) is 4.64. The van der Waals surface area contributed by atoms with E-state index in [2.05, 4.69) is 20.4 Å². The lowest BCUT2D eigenvalue weighted by Crippen LogP contribution is -2.24. The Kier molecular flexibility index (Phi) is 8.72. The molecule has 4 heteroatoms. The topological polar surface area (TPSA) is 55.8 Å². The molecule has 0 radical (unpaired) electrons. The Bertz CT molecular complexity index is 236. The van der Waals surface area contributed by atoms with Crippen molar-refractivity contribution >= 4 is 5.97 Å². The van der Waals surface area contributed by atoms with Crippen LogP contribution in [0.1, 0.15) is 33.6 Å². The first-order valence-corrected chi connectivity index (χ1v) is 6.02. The molecule has 17 heavy (non-hydrogen) atoms. The lowest BCUT2D eigenvalue weighted by atomic mass is 10.1. The highest BCUT2D eigenvalue weighted by Gasteiger charge is 2.09. The van der Waals surface area contributed by atoms with Crippen molar-refractivity contribution in [2.24, 2.45) is 5.92 Å². The summed E-state index contributed by atoms with van der Waals surface area (Å²) in [6.07, 6.45) is 1.33. The Labute approximate surface area is 104 Å². The van der Waals surface area contributed by atoms with Crippen LogP contribution in [0.3, 0.4) is 0 Å². The predicted octanol–water partition coefficient (Wildman–Crippen LogP) is 1.92. The molecular formula is C13H24O4. The van der Waals surface area contributed by atoms with Gasteiger partial charge in [-0.05, 0) is 25.7 Å². The zero-order chi connectivity index (χ0) is 13.3. The first-order chi connectivity index (χ1) is 7.93. The van der Waals surface area contributed by atoms with Crippen LogP contribution in [0.2, 0.25) is 0 Å². The van der Waals surface area contributed by atoms with Gasteiger partial charge in [0.25, 0.3) is 0 Å². The lowest BCUT2D eigenvalue weighted by Gasteiger charge is -2.12. The maximum Gasteiger partial charge on any atom is 0.333 e. The third-order valence-electron chi connectivity index (χ3n) is 2.14. The van der Waals surface area contributed by atoms with E-state index in [9.17, 15) is 9.90 Å². The predicted molar refractivity (Wildman–Crippen MR) is 66.7 cm³/mol. The van der Waals surface area contributed by atoms with E-state index in [4.69, 9.17) is 9.47 Å². The fourth-order valence-electron chi connectivity index (χ4n) is 1.16. The molecule has 0 heterocycles. The average Bonchev–Trinajstić information content (AvgIpc) is 2.24. The van der Waals surface area contributed by atoms with E-state index in [1.54, 1.807) is 6.92 Å². The molecule has 0 aromatic heterocycles. The second kappa shape index (κ2) is 9.19. The summed E-state index contributed by atoms with van der Waals surface area (Å²) in [5.74, 6) is 0.184. The van der Waals surface area contributed by atoms with Crippen molar-refractivity contribution in [3.8, 4) is 0 Å². The van der Waals surface area contributed by atoms with Gasteiger partial charge in [-0.15, -0.1) is 0 Å². The van der Waals surface area contributed by atoms with Gasteiger partial charge in [0, 0.05) is 12.2 Å². The fraction of sp³-hybridized carbons (Fsp3) is 0.769. The number of carbonyl (C=O) groups is 1. The number of ether oxygens (including phenoxy) is 2. The smallest absolute Gasteiger partial charge is 0.333 e. The molecule has 0 bridgehead atoms. The normalized spacial score (nSPS) is 12.5. The Morgan fingerprint density at radius 3 is 2.53 bits per heavy atom. The molecule has 1 N–H and O–H groups in total. The molecule has 0 aliphatic rings.